The summed E-state index contributed by atoms with van der Waals surface area (Å²) in [6, 6.07) is 9.64. The molecule has 2 N–H and O–H groups in total. The van der Waals surface area contributed by atoms with E-state index >= 15 is 0 Å². The van der Waals surface area contributed by atoms with Crippen molar-refractivity contribution < 1.29 is 9.90 Å². The molecule has 2 rings (SSSR count). The van der Waals surface area contributed by atoms with Gasteiger partial charge in [0.05, 0.1) is 6.61 Å². The van der Waals surface area contributed by atoms with Crippen LogP contribution < -0.4 is 5.32 Å². The molecule has 0 aromatic heterocycles. The van der Waals surface area contributed by atoms with E-state index in [0.717, 1.165) is 5.56 Å². The van der Waals surface area contributed by atoms with Crippen molar-refractivity contribution in [2.24, 2.45) is 5.92 Å². The number of benzene rings is 1. The Morgan fingerprint density at radius 2 is 2.00 bits per heavy atom. The lowest BCUT2D eigenvalue weighted by molar-refractivity contribution is 0.177. The normalized spacial score (nSPS) is 15.5. The number of nitrogens with zero attached hydrogens (tertiary/aromatic N) is 1. The van der Waals surface area contributed by atoms with Crippen LogP contribution in [0.1, 0.15) is 31.2 Å². The van der Waals surface area contributed by atoms with E-state index in [2.05, 4.69) is 11.4 Å². The Hall–Kier alpha value is -1.81. The van der Waals surface area contributed by atoms with Crippen LogP contribution in [0, 0.1) is 5.92 Å². The van der Waals surface area contributed by atoms with E-state index in [4.69, 9.17) is 5.11 Å². The minimum atomic E-state index is -0.165. The first kappa shape index (κ1) is 15.6. The lowest BCUT2D eigenvalue weighted by atomic mass is 10.1. The van der Waals surface area contributed by atoms with Gasteiger partial charge in [-0.05, 0) is 24.3 Å². The first-order chi connectivity index (χ1) is 10.3. The molecule has 0 unspecified atom stereocenters. The second kappa shape index (κ2) is 8.47. The van der Waals surface area contributed by atoms with Gasteiger partial charge in [-0.25, -0.2) is 4.79 Å². The standard InChI is InChI=1S/C17H24N2O2/c20-13-12-19(14-16-8-2-1-3-9-16)17(21)18-11-10-15-6-4-5-7-15/h1-3,8-11,15,20H,4-7,12-14H2,(H,18,21)/b11-10+. The Kier molecular flexibility index (Phi) is 6.28. The summed E-state index contributed by atoms with van der Waals surface area (Å²) in [5.74, 6) is 0.603. The SMILES string of the molecule is O=C(N/C=C/C1CCCC1)N(CCO)Cc1ccccc1. The molecule has 0 aliphatic heterocycles. The Labute approximate surface area is 126 Å². The number of hydrogen-bond donors (Lipinski definition) is 2. The summed E-state index contributed by atoms with van der Waals surface area (Å²) in [7, 11) is 0. The van der Waals surface area contributed by atoms with Gasteiger partial charge in [0.1, 0.15) is 0 Å². The van der Waals surface area contributed by atoms with Crippen LogP contribution in [0.5, 0.6) is 0 Å². The first-order valence-corrected chi connectivity index (χ1v) is 7.66. The number of aliphatic hydroxyl groups is 1. The second-order valence-corrected chi connectivity index (χ2v) is 5.48. The number of carbonyl (C=O) groups is 1. The molecule has 1 aliphatic rings. The molecule has 114 valence electrons. The molecular weight excluding hydrogens is 264 g/mol. The summed E-state index contributed by atoms with van der Waals surface area (Å²) in [6.07, 6.45) is 8.85. The molecule has 0 atom stereocenters. The first-order valence-electron chi connectivity index (χ1n) is 7.66. The number of nitrogens with one attached hydrogen (secondary N) is 1. The Balaban J connectivity index is 1.86. The van der Waals surface area contributed by atoms with Gasteiger partial charge in [0.15, 0.2) is 0 Å². The Morgan fingerprint density at radius 1 is 1.29 bits per heavy atom. The van der Waals surface area contributed by atoms with Crippen LogP contribution in [-0.4, -0.2) is 29.2 Å². The van der Waals surface area contributed by atoms with Crippen molar-refractivity contribution in [3.05, 3.63) is 48.2 Å². The highest BCUT2D eigenvalue weighted by atomic mass is 16.3. The van der Waals surface area contributed by atoms with Gasteiger partial charge in [-0.2, -0.15) is 0 Å². The third-order valence-electron chi connectivity index (χ3n) is 3.85. The molecule has 1 aromatic rings. The van der Waals surface area contributed by atoms with Crippen molar-refractivity contribution in [3.8, 4) is 0 Å². The van der Waals surface area contributed by atoms with E-state index < -0.39 is 0 Å². The largest absolute Gasteiger partial charge is 0.395 e. The van der Waals surface area contributed by atoms with E-state index in [-0.39, 0.29) is 12.6 Å². The molecule has 0 radical (unpaired) electrons. The van der Waals surface area contributed by atoms with E-state index in [0.29, 0.717) is 19.0 Å². The summed E-state index contributed by atoms with van der Waals surface area (Å²) < 4.78 is 0. The lowest BCUT2D eigenvalue weighted by Crippen LogP contribution is -2.38. The average Bonchev–Trinajstić information content (AvgIpc) is 3.01. The molecule has 0 spiro atoms. The van der Waals surface area contributed by atoms with Gasteiger partial charge in [-0.15, -0.1) is 0 Å². The molecule has 1 saturated carbocycles. The Morgan fingerprint density at radius 3 is 2.67 bits per heavy atom. The maximum absolute atomic E-state index is 12.2. The lowest BCUT2D eigenvalue weighted by Gasteiger charge is -2.21. The molecule has 4 nitrogen and oxygen atoms in total. The van der Waals surface area contributed by atoms with Crippen LogP contribution in [0.3, 0.4) is 0 Å². The van der Waals surface area contributed by atoms with Gasteiger partial charge in [-0.3, -0.25) is 0 Å². The number of rotatable bonds is 6. The molecule has 0 bridgehead atoms. The minimum absolute atomic E-state index is 0.0351. The second-order valence-electron chi connectivity index (χ2n) is 5.48. The number of hydrogen-bond acceptors (Lipinski definition) is 2. The van der Waals surface area contributed by atoms with Gasteiger partial charge in [0.2, 0.25) is 0 Å². The summed E-state index contributed by atoms with van der Waals surface area (Å²) in [5, 5.41) is 11.9. The van der Waals surface area contributed by atoms with E-state index in [1.807, 2.05) is 30.3 Å². The summed E-state index contributed by atoms with van der Waals surface area (Å²) in [4.78, 5) is 13.8. The fourth-order valence-corrected chi connectivity index (χ4v) is 2.67. The predicted octanol–water partition coefficient (Wildman–Crippen LogP) is 2.89. The maximum Gasteiger partial charge on any atom is 0.321 e. The zero-order valence-corrected chi connectivity index (χ0v) is 12.4. The van der Waals surface area contributed by atoms with E-state index in [9.17, 15) is 4.79 Å². The van der Waals surface area contributed by atoms with Crippen LogP contribution >= 0.6 is 0 Å². The number of urea groups is 1. The molecule has 4 heteroatoms. The van der Waals surface area contributed by atoms with E-state index in [1.165, 1.54) is 25.7 Å². The number of aliphatic hydroxyl groups excluding tert-OH is 1. The maximum atomic E-state index is 12.2. The molecule has 1 aromatic carbocycles. The highest BCUT2D eigenvalue weighted by molar-refractivity contribution is 5.75. The summed E-state index contributed by atoms with van der Waals surface area (Å²) in [6.45, 7) is 0.801. The smallest absolute Gasteiger partial charge is 0.321 e. The molecule has 0 saturated heterocycles. The molecule has 2 amide bonds. The molecule has 21 heavy (non-hydrogen) atoms. The van der Waals surface area contributed by atoms with Gasteiger partial charge in [0.25, 0.3) is 0 Å². The van der Waals surface area contributed by atoms with Gasteiger partial charge < -0.3 is 15.3 Å². The van der Waals surface area contributed by atoms with Gasteiger partial charge in [0, 0.05) is 19.3 Å². The predicted molar refractivity (Wildman–Crippen MR) is 83.6 cm³/mol. The van der Waals surface area contributed by atoms with Gasteiger partial charge >= 0.3 is 6.03 Å². The van der Waals surface area contributed by atoms with Crippen LogP contribution in [-0.2, 0) is 6.54 Å². The highest BCUT2D eigenvalue weighted by Gasteiger charge is 2.13. The van der Waals surface area contributed by atoms with Crippen LogP contribution in [0.4, 0.5) is 4.79 Å². The number of carbonyl (C=O) groups excluding carboxylic acids is 1. The fourth-order valence-electron chi connectivity index (χ4n) is 2.67. The third-order valence-corrected chi connectivity index (χ3v) is 3.85. The molecular formula is C17H24N2O2. The van der Waals surface area contributed by atoms with Crippen LogP contribution in [0.15, 0.2) is 42.6 Å². The topological polar surface area (TPSA) is 52.6 Å². The van der Waals surface area contributed by atoms with E-state index in [1.54, 1.807) is 11.1 Å². The van der Waals surface area contributed by atoms with Crippen molar-refractivity contribution in [3.63, 3.8) is 0 Å². The summed E-state index contributed by atoms with van der Waals surface area (Å²) in [5.41, 5.74) is 1.06. The highest BCUT2D eigenvalue weighted by Crippen LogP contribution is 2.25. The Bertz CT molecular complexity index is 453. The molecule has 1 aliphatic carbocycles. The van der Waals surface area contributed by atoms with Crippen molar-refractivity contribution in [1.29, 1.82) is 0 Å². The zero-order valence-electron chi connectivity index (χ0n) is 12.4. The zero-order chi connectivity index (χ0) is 14.9. The van der Waals surface area contributed by atoms with Crippen molar-refractivity contribution in [1.82, 2.24) is 10.2 Å². The van der Waals surface area contributed by atoms with Crippen molar-refractivity contribution in [2.75, 3.05) is 13.2 Å². The monoisotopic (exact) mass is 288 g/mol. The number of amides is 2. The van der Waals surface area contributed by atoms with Crippen molar-refractivity contribution in [2.45, 2.75) is 32.2 Å². The summed E-state index contributed by atoms with van der Waals surface area (Å²) >= 11 is 0. The minimum Gasteiger partial charge on any atom is -0.395 e. The molecule has 1 fully saturated rings. The molecule has 0 heterocycles. The van der Waals surface area contributed by atoms with Gasteiger partial charge in [-0.1, -0.05) is 49.2 Å². The third kappa shape index (κ3) is 5.23. The average molecular weight is 288 g/mol. The van der Waals surface area contributed by atoms with Crippen molar-refractivity contribution >= 4 is 6.03 Å². The number of allylic oxidation sites excluding steroid dienone is 1. The van der Waals surface area contributed by atoms with Crippen LogP contribution in [0.25, 0.3) is 0 Å². The van der Waals surface area contributed by atoms with Crippen LogP contribution in [0.2, 0.25) is 0 Å². The fraction of sp³-hybridized carbons (Fsp3) is 0.471. The quantitative estimate of drug-likeness (QED) is 0.845.